The van der Waals surface area contributed by atoms with E-state index >= 15 is 0 Å². The second-order valence-electron chi connectivity index (χ2n) is 3.73. The van der Waals surface area contributed by atoms with E-state index in [0.29, 0.717) is 11.2 Å². The van der Waals surface area contributed by atoms with Crippen LogP contribution < -0.4 is 10.2 Å². The van der Waals surface area contributed by atoms with Crippen LogP contribution in [0, 0.1) is 6.92 Å². The van der Waals surface area contributed by atoms with E-state index in [1.54, 1.807) is 24.5 Å². The number of imidazole rings is 1. The molecule has 0 aliphatic heterocycles. The second-order valence-corrected chi connectivity index (χ2v) is 3.73. The minimum Gasteiger partial charge on any atom is -0.495 e. The Kier molecular flexibility index (Phi) is 3.17. The van der Waals surface area contributed by atoms with Gasteiger partial charge in [-0.2, -0.15) is 0 Å². The monoisotopic (exact) mass is 232 g/mol. The van der Waals surface area contributed by atoms with E-state index in [1.165, 1.54) is 7.11 Å². The molecule has 17 heavy (non-hydrogen) atoms. The SMILES string of the molecule is COc1cc(B(O)O)ccc1-n1cnc(C)c1. The van der Waals surface area contributed by atoms with Gasteiger partial charge in [0.25, 0.3) is 0 Å². The van der Waals surface area contributed by atoms with Gasteiger partial charge in [0.1, 0.15) is 5.75 Å². The molecule has 0 fully saturated rings. The summed E-state index contributed by atoms with van der Waals surface area (Å²) in [5.74, 6) is 0.563. The summed E-state index contributed by atoms with van der Waals surface area (Å²) in [5, 5.41) is 18.2. The average Bonchev–Trinajstić information content (AvgIpc) is 2.74. The lowest BCUT2D eigenvalue weighted by atomic mass is 9.80. The molecule has 88 valence electrons. The van der Waals surface area contributed by atoms with Crippen molar-refractivity contribution >= 4 is 12.6 Å². The third-order valence-electron chi connectivity index (χ3n) is 2.49. The fourth-order valence-electron chi connectivity index (χ4n) is 1.62. The lowest BCUT2D eigenvalue weighted by Gasteiger charge is -2.10. The number of hydrogen-bond acceptors (Lipinski definition) is 4. The van der Waals surface area contributed by atoms with Crippen LogP contribution in [0.3, 0.4) is 0 Å². The molecule has 2 aromatic rings. The summed E-state index contributed by atoms with van der Waals surface area (Å²) in [5.41, 5.74) is 2.10. The van der Waals surface area contributed by atoms with Crippen molar-refractivity contribution in [3.8, 4) is 11.4 Å². The number of nitrogens with zero attached hydrogens (tertiary/aromatic N) is 2. The van der Waals surface area contributed by atoms with Gasteiger partial charge in [0.15, 0.2) is 0 Å². The molecule has 1 aromatic heterocycles. The summed E-state index contributed by atoms with van der Waals surface area (Å²) in [6.45, 7) is 1.90. The molecule has 2 N–H and O–H groups in total. The van der Waals surface area contributed by atoms with Gasteiger partial charge < -0.3 is 19.4 Å². The van der Waals surface area contributed by atoms with E-state index in [2.05, 4.69) is 4.98 Å². The number of ether oxygens (including phenoxy) is 1. The van der Waals surface area contributed by atoms with E-state index in [1.807, 2.05) is 17.7 Å². The lowest BCUT2D eigenvalue weighted by molar-refractivity contribution is 0.410. The summed E-state index contributed by atoms with van der Waals surface area (Å²) in [4.78, 5) is 4.13. The highest BCUT2D eigenvalue weighted by Gasteiger charge is 2.14. The van der Waals surface area contributed by atoms with Gasteiger partial charge in [-0.1, -0.05) is 6.07 Å². The predicted octanol–water partition coefficient (Wildman–Crippen LogP) is -0.131. The summed E-state index contributed by atoms with van der Waals surface area (Å²) < 4.78 is 7.05. The van der Waals surface area contributed by atoms with E-state index in [9.17, 15) is 0 Å². The van der Waals surface area contributed by atoms with Crippen LogP contribution in [-0.2, 0) is 0 Å². The Bertz CT molecular complexity index is 525. The molecule has 0 saturated heterocycles. The van der Waals surface area contributed by atoms with Crippen LogP contribution in [0.5, 0.6) is 5.75 Å². The van der Waals surface area contributed by atoms with Crippen LogP contribution >= 0.6 is 0 Å². The maximum absolute atomic E-state index is 9.09. The van der Waals surface area contributed by atoms with Gasteiger partial charge in [0.2, 0.25) is 0 Å². The van der Waals surface area contributed by atoms with Gasteiger partial charge in [-0.05, 0) is 24.5 Å². The van der Waals surface area contributed by atoms with Crippen LogP contribution in [0.25, 0.3) is 5.69 Å². The van der Waals surface area contributed by atoms with E-state index in [4.69, 9.17) is 14.8 Å². The summed E-state index contributed by atoms with van der Waals surface area (Å²) in [6, 6.07) is 4.99. The van der Waals surface area contributed by atoms with Gasteiger partial charge in [-0.15, -0.1) is 0 Å². The molecule has 6 heteroatoms. The highest BCUT2D eigenvalue weighted by molar-refractivity contribution is 6.58. The molecule has 0 aliphatic carbocycles. The molecule has 5 nitrogen and oxygen atoms in total. The van der Waals surface area contributed by atoms with Crippen molar-refractivity contribution in [3.63, 3.8) is 0 Å². The fraction of sp³-hybridized carbons (Fsp3) is 0.182. The number of benzene rings is 1. The molecular weight excluding hydrogens is 219 g/mol. The third-order valence-corrected chi connectivity index (χ3v) is 2.49. The van der Waals surface area contributed by atoms with Gasteiger partial charge >= 0.3 is 7.12 Å². The quantitative estimate of drug-likeness (QED) is 0.723. The van der Waals surface area contributed by atoms with Crippen molar-refractivity contribution in [1.82, 2.24) is 9.55 Å². The maximum Gasteiger partial charge on any atom is 0.488 e. The van der Waals surface area contributed by atoms with Crippen molar-refractivity contribution in [1.29, 1.82) is 0 Å². The Morgan fingerprint density at radius 1 is 1.35 bits per heavy atom. The van der Waals surface area contributed by atoms with Crippen molar-refractivity contribution in [2.75, 3.05) is 7.11 Å². The molecule has 2 rings (SSSR count). The molecule has 0 spiro atoms. The second kappa shape index (κ2) is 4.61. The van der Waals surface area contributed by atoms with Gasteiger partial charge in [-0.25, -0.2) is 4.98 Å². The zero-order chi connectivity index (χ0) is 12.4. The first-order valence-corrected chi connectivity index (χ1v) is 5.17. The molecule has 0 atom stereocenters. The molecule has 0 bridgehead atoms. The molecule has 1 heterocycles. The van der Waals surface area contributed by atoms with Crippen LogP contribution in [0.1, 0.15) is 5.69 Å². The number of hydrogen-bond donors (Lipinski definition) is 2. The first-order valence-electron chi connectivity index (χ1n) is 5.17. The van der Waals surface area contributed by atoms with Crippen molar-refractivity contribution < 1.29 is 14.8 Å². The van der Waals surface area contributed by atoms with Crippen LogP contribution in [0.15, 0.2) is 30.7 Å². The lowest BCUT2D eigenvalue weighted by Crippen LogP contribution is -2.29. The van der Waals surface area contributed by atoms with Gasteiger partial charge in [-0.3, -0.25) is 0 Å². The van der Waals surface area contributed by atoms with Gasteiger partial charge in [0, 0.05) is 6.20 Å². The highest BCUT2D eigenvalue weighted by Crippen LogP contribution is 2.21. The Balaban J connectivity index is 2.48. The van der Waals surface area contributed by atoms with Crippen molar-refractivity contribution in [2.24, 2.45) is 0 Å². The molecule has 0 unspecified atom stereocenters. The number of methoxy groups -OCH3 is 1. The summed E-state index contributed by atoms with van der Waals surface area (Å²) in [7, 11) is 0.0401. The summed E-state index contributed by atoms with van der Waals surface area (Å²) in [6.07, 6.45) is 3.55. The zero-order valence-corrected chi connectivity index (χ0v) is 9.66. The topological polar surface area (TPSA) is 67.5 Å². The van der Waals surface area contributed by atoms with Crippen molar-refractivity contribution in [3.05, 3.63) is 36.4 Å². The highest BCUT2D eigenvalue weighted by atomic mass is 16.5. The Morgan fingerprint density at radius 3 is 2.65 bits per heavy atom. The third kappa shape index (κ3) is 2.32. The Morgan fingerprint density at radius 2 is 2.12 bits per heavy atom. The molecular formula is C11H13BN2O3. The van der Waals surface area contributed by atoms with E-state index < -0.39 is 7.12 Å². The molecule has 0 saturated carbocycles. The van der Waals surface area contributed by atoms with Crippen LogP contribution in [0.2, 0.25) is 0 Å². The van der Waals surface area contributed by atoms with E-state index in [-0.39, 0.29) is 0 Å². The smallest absolute Gasteiger partial charge is 0.488 e. The standard InChI is InChI=1S/C11H13BN2O3/c1-8-6-14(7-13-8)10-4-3-9(12(15)16)5-11(10)17-2/h3-7,15-16H,1-2H3. The van der Waals surface area contributed by atoms with Gasteiger partial charge in [0.05, 0.1) is 24.8 Å². The minimum atomic E-state index is -1.50. The first-order chi connectivity index (χ1) is 8.11. The Labute approximate surface area is 99.5 Å². The molecule has 0 aliphatic rings. The minimum absolute atomic E-state index is 0.391. The van der Waals surface area contributed by atoms with Crippen molar-refractivity contribution in [2.45, 2.75) is 6.92 Å². The normalized spacial score (nSPS) is 10.4. The fourth-order valence-corrected chi connectivity index (χ4v) is 1.62. The largest absolute Gasteiger partial charge is 0.495 e. The number of aryl methyl sites for hydroxylation is 1. The zero-order valence-electron chi connectivity index (χ0n) is 9.66. The summed E-state index contributed by atoms with van der Waals surface area (Å²) >= 11 is 0. The van der Waals surface area contributed by atoms with Crippen LogP contribution in [-0.4, -0.2) is 33.8 Å². The Hall–Kier alpha value is -1.79. The number of aromatic nitrogens is 2. The molecule has 0 amide bonds. The molecule has 0 radical (unpaired) electrons. The first kappa shape index (κ1) is 11.7. The average molecular weight is 232 g/mol. The van der Waals surface area contributed by atoms with Crippen LogP contribution in [0.4, 0.5) is 0 Å². The van der Waals surface area contributed by atoms with E-state index in [0.717, 1.165) is 11.4 Å². The maximum atomic E-state index is 9.09. The predicted molar refractivity (Wildman–Crippen MR) is 64.7 cm³/mol. The number of rotatable bonds is 3. The molecule has 1 aromatic carbocycles.